The highest BCUT2D eigenvalue weighted by atomic mass is 35.5. The first kappa shape index (κ1) is 10.7. The molecular formula is C7H9ClN2O2. The van der Waals surface area contributed by atoms with Gasteiger partial charge in [-0.15, -0.1) is 12.4 Å². The molecule has 66 valence electrons. The van der Waals surface area contributed by atoms with E-state index < -0.39 is 5.97 Å². The van der Waals surface area contributed by atoms with Crippen molar-refractivity contribution in [2.24, 2.45) is 0 Å². The summed E-state index contributed by atoms with van der Waals surface area (Å²) in [5.74, 6) is -1.03. The van der Waals surface area contributed by atoms with Crippen molar-refractivity contribution in [1.29, 1.82) is 0 Å². The highest BCUT2D eigenvalue weighted by Crippen LogP contribution is 2.08. The molecule has 4 nitrogen and oxygen atoms in total. The lowest BCUT2D eigenvalue weighted by atomic mass is 10.2. The van der Waals surface area contributed by atoms with Crippen LogP contribution in [0.15, 0.2) is 12.3 Å². The summed E-state index contributed by atoms with van der Waals surface area (Å²) in [6.45, 7) is 1.66. The third-order valence-electron chi connectivity index (χ3n) is 1.30. The number of aromatic nitrogens is 1. The maximum atomic E-state index is 10.4. The maximum Gasteiger partial charge on any atom is 0.354 e. The smallest absolute Gasteiger partial charge is 0.354 e. The number of aromatic carboxylic acids is 1. The zero-order chi connectivity index (χ0) is 8.43. The van der Waals surface area contributed by atoms with Gasteiger partial charge in [-0.3, -0.25) is 0 Å². The topological polar surface area (TPSA) is 76.2 Å². The number of hydrogen-bond acceptors (Lipinski definition) is 3. The van der Waals surface area contributed by atoms with Crippen molar-refractivity contribution in [3.05, 3.63) is 23.5 Å². The van der Waals surface area contributed by atoms with Crippen molar-refractivity contribution >= 4 is 24.1 Å². The Kier molecular flexibility index (Phi) is 3.50. The molecule has 0 unspecified atom stereocenters. The normalized spacial score (nSPS) is 8.75. The average molecular weight is 189 g/mol. The highest BCUT2D eigenvalue weighted by molar-refractivity contribution is 5.87. The van der Waals surface area contributed by atoms with Gasteiger partial charge in [-0.05, 0) is 18.6 Å². The minimum absolute atomic E-state index is 0. The van der Waals surface area contributed by atoms with Crippen LogP contribution >= 0.6 is 12.4 Å². The van der Waals surface area contributed by atoms with Crippen LogP contribution in [-0.4, -0.2) is 16.1 Å². The number of rotatable bonds is 1. The van der Waals surface area contributed by atoms with Crippen molar-refractivity contribution in [2.75, 3.05) is 5.73 Å². The fourth-order valence-electron chi connectivity index (χ4n) is 0.820. The Bertz CT molecular complexity index is 301. The molecular weight excluding hydrogens is 180 g/mol. The molecule has 5 heteroatoms. The fraction of sp³-hybridized carbons (Fsp3) is 0.143. The summed E-state index contributed by atoms with van der Waals surface area (Å²) in [7, 11) is 0. The summed E-state index contributed by atoms with van der Waals surface area (Å²) in [4.78, 5) is 14.1. The Morgan fingerprint density at radius 2 is 2.25 bits per heavy atom. The van der Waals surface area contributed by atoms with Crippen LogP contribution in [0.4, 0.5) is 5.69 Å². The lowest BCUT2D eigenvalue weighted by Crippen LogP contribution is -2.03. The Morgan fingerprint density at radius 3 is 2.67 bits per heavy atom. The van der Waals surface area contributed by atoms with Crippen molar-refractivity contribution in [3.63, 3.8) is 0 Å². The van der Waals surface area contributed by atoms with E-state index in [2.05, 4.69) is 4.98 Å². The molecule has 0 aliphatic rings. The molecule has 12 heavy (non-hydrogen) atoms. The molecule has 0 amide bonds. The van der Waals surface area contributed by atoms with Gasteiger partial charge in [0.25, 0.3) is 0 Å². The van der Waals surface area contributed by atoms with Crippen molar-refractivity contribution in [1.82, 2.24) is 4.98 Å². The van der Waals surface area contributed by atoms with Gasteiger partial charge < -0.3 is 10.8 Å². The Hall–Kier alpha value is -1.29. The summed E-state index contributed by atoms with van der Waals surface area (Å²) >= 11 is 0. The quantitative estimate of drug-likeness (QED) is 0.692. The summed E-state index contributed by atoms with van der Waals surface area (Å²) in [5.41, 5.74) is 6.49. The van der Waals surface area contributed by atoms with E-state index in [4.69, 9.17) is 10.8 Å². The third-order valence-corrected chi connectivity index (χ3v) is 1.30. The van der Waals surface area contributed by atoms with Crippen LogP contribution in [0.1, 0.15) is 16.1 Å². The van der Waals surface area contributed by atoms with Crippen molar-refractivity contribution in [3.8, 4) is 0 Å². The third kappa shape index (κ3) is 2.10. The highest BCUT2D eigenvalue weighted by Gasteiger charge is 2.07. The lowest BCUT2D eigenvalue weighted by Gasteiger charge is -1.98. The van der Waals surface area contributed by atoms with Gasteiger partial charge >= 0.3 is 5.97 Å². The number of carbonyl (C=O) groups is 1. The first-order valence-electron chi connectivity index (χ1n) is 3.06. The average Bonchev–Trinajstić information content (AvgIpc) is 1.85. The summed E-state index contributed by atoms with van der Waals surface area (Å²) in [6.07, 6.45) is 1.33. The van der Waals surface area contributed by atoms with Crippen LogP contribution in [0.5, 0.6) is 0 Å². The zero-order valence-corrected chi connectivity index (χ0v) is 7.26. The summed E-state index contributed by atoms with van der Waals surface area (Å²) in [5, 5.41) is 8.55. The molecule has 1 heterocycles. The van der Waals surface area contributed by atoms with E-state index in [1.54, 1.807) is 13.0 Å². The van der Waals surface area contributed by atoms with Gasteiger partial charge in [0.15, 0.2) is 5.69 Å². The first-order chi connectivity index (χ1) is 5.11. The van der Waals surface area contributed by atoms with Crippen LogP contribution < -0.4 is 5.73 Å². The lowest BCUT2D eigenvalue weighted by molar-refractivity contribution is 0.0689. The van der Waals surface area contributed by atoms with E-state index in [9.17, 15) is 4.79 Å². The SMILES string of the molecule is Cc1cc(N)cnc1C(=O)O.Cl. The molecule has 1 aromatic rings. The van der Waals surface area contributed by atoms with E-state index >= 15 is 0 Å². The van der Waals surface area contributed by atoms with Gasteiger partial charge in [-0.2, -0.15) is 0 Å². The molecule has 0 fully saturated rings. The fourth-order valence-corrected chi connectivity index (χ4v) is 0.820. The molecule has 0 aliphatic carbocycles. The van der Waals surface area contributed by atoms with E-state index in [-0.39, 0.29) is 18.1 Å². The van der Waals surface area contributed by atoms with Crippen LogP contribution in [0.25, 0.3) is 0 Å². The van der Waals surface area contributed by atoms with Crippen molar-refractivity contribution < 1.29 is 9.90 Å². The van der Waals surface area contributed by atoms with E-state index in [0.717, 1.165) is 0 Å². The number of nitrogens with zero attached hydrogens (tertiary/aromatic N) is 1. The number of pyridine rings is 1. The van der Waals surface area contributed by atoms with E-state index in [0.29, 0.717) is 11.3 Å². The number of anilines is 1. The molecule has 0 aromatic carbocycles. The predicted molar refractivity (Wildman–Crippen MR) is 47.6 cm³/mol. The molecule has 0 saturated heterocycles. The molecule has 0 spiro atoms. The molecule has 1 rings (SSSR count). The maximum absolute atomic E-state index is 10.4. The summed E-state index contributed by atoms with van der Waals surface area (Å²) in [6, 6.07) is 1.58. The molecule has 0 atom stereocenters. The minimum Gasteiger partial charge on any atom is -0.477 e. The van der Waals surface area contributed by atoms with Gasteiger partial charge in [0.1, 0.15) is 0 Å². The molecule has 0 aliphatic heterocycles. The van der Waals surface area contributed by atoms with Crippen molar-refractivity contribution in [2.45, 2.75) is 6.92 Å². The second-order valence-corrected chi connectivity index (χ2v) is 2.24. The second kappa shape index (κ2) is 3.92. The Labute approximate surface area is 75.8 Å². The Morgan fingerprint density at radius 1 is 1.67 bits per heavy atom. The van der Waals surface area contributed by atoms with Crippen LogP contribution in [0.2, 0.25) is 0 Å². The molecule has 0 bridgehead atoms. The number of nitrogens with two attached hydrogens (primary N) is 1. The number of nitrogen functional groups attached to an aromatic ring is 1. The standard InChI is InChI=1S/C7H8N2O2.ClH/c1-4-2-5(8)3-9-6(4)7(10)11;/h2-3H,8H2,1H3,(H,10,11);1H. The number of aryl methyl sites for hydroxylation is 1. The number of carboxylic acid groups (broad SMARTS) is 1. The molecule has 0 saturated carbocycles. The van der Waals surface area contributed by atoms with Gasteiger partial charge in [-0.25, -0.2) is 9.78 Å². The molecule has 0 radical (unpaired) electrons. The van der Waals surface area contributed by atoms with Crippen LogP contribution in [0, 0.1) is 6.92 Å². The van der Waals surface area contributed by atoms with Crippen LogP contribution in [0.3, 0.4) is 0 Å². The number of halogens is 1. The van der Waals surface area contributed by atoms with Crippen LogP contribution in [-0.2, 0) is 0 Å². The predicted octanol–water partition coefficient (Wildman–Crippen LogP) is 1.09. The first-order valence-corrected chi connectivity index (χ1v) is 3.06. The van der Waals surface area contributed by atoms with Gasteiger partial charge in [0.2, 0.25) is 0 Å². The van der Waals surface area contributed by atoms with Gasteiger partial charge in [0, 0.05) is 0 Å². The van der Waals surface area contributed by atoms with Gasteiger partial charge in [-0.1, -0.05) is 0 Å². The second-order valence-electron chi connectivity index (χ2n) is 2.24. The van der Waals surface area contributed by atoms with E-state index in [1.165, 1.54) is 6.20 Å². The number of carboxylic acids is 1. The largest absolute Gasteiger partial charge is 0.477 e. The van der Waals surface area contributed by atoms with Gasteiger partial charge in [0.05, 0.1) is 11.9 Å². The Balaban J connectivity index is 0.00000121. The zero-order valence-electron chi connectivity index (χ0n) is 6.44. The minimum atomic E-state index is -1.03. The monoisotopic (exact) mass is 188 g/mol. The summed E-state index contributed by atoms with van der Waals surface area (Å²) < 4.78 is 0. The molecule has 3 N–H and O–H groups in total. The number of hydrogen-bond donors (Lipinski definition) is 2. The van der Waals surface area contributed by atoms with E-state index in [1.807, 2.05) is 0 Å². The molecule has 1 aromatic heterocycles.